The van der Waals surface area contributed by atoms with Crippen LogP contribution in [0.5, 0.6) is 11.5 Å². The minimum atomic E-state index is -0.360. The number of benzene rings is 2. The minimum absolute atomic E-state index is 0.00832. The first-order chi connectivity index (χ1) is 14.0. The zero-order chi connectivity index (χ0) is 21.0. The van der Waals surface area contributed by atoms with E-state index in [2.05, 4.69) is 4.90 Å². The average Bonchev–Trinajstić information content (AvgIpc) is 2.76. The summed E-state index contributed by atoms with van der Waals surface area (Å²) in [6.45, 7) is 3.79. The SMILES string of the molecule is COC(=O)c1ccc(CN2CCN(c3cc(OC)ccc3OC)C(=O)[C@H]2C)cc1. The lowest BCUT2D eigenvalue weighted by atomic mass is 10.1. The molecule has 154 valence electrons. The number of nitrogens with zero attached hydrogens (tertiary/aromatic N) is 2. The second-order valence-electron chi connectivity index (χ2n) is 6.86. The van der Waals surface area contributed by atoms with E-state index in [-0.39, 0.29) is 17.9 Å². The van der Waals surface area contributed by atoms with E-state index in [9.17, 15) is 9.59 Å². The molecule has 1 amide bonds. The van der Waals surface area contributed by atoms with E-state index in [0.717, 1.165) is 5.56 Å². The van der Waals surface area contributed by atoms with Gasteiger partial charge in [0.2, 0.25) is 5.91 Å². The number of ether oxygens (including phenoxy) is 3. The lowest BCUT2D eigenvalue weighted by Gasteiger charge is -2.39. The molecule has 1 heterocycles. The van der Waals surface area contributed by atoms with Gasteiger partial charge in [-0.3, -0.25) is 9.69 Å². The quantitative estimate of drug-likeness (QED) is 0.697. The molecule has 0 spiro atoms. The third-order valence-electron chi connectivity index (χ3n) is 5.22. The Morgan fingerprint density at radius 3 is 2.38 bits per heavy atom. The summed E-state index contributed by atoms with van der Waals surface area (Å²) >= 11 is 0. The Hall–Kier alpha value is -3.06. The molecule has 2 aromatic carbocycles. The van der Waals surface area contributed by atoms with E-state index in [1.54, 1.807) is 37.3 Å². The van der Waals surface area contributed by atoms with Crippen LogP contribution in [0.3, 0.4) is 0 Å². The van der Waals surface area contributed by atoms with E-state index < -0.39 is 0 Å². The molecular weight excluding hydrogens is 372 g/mol. The van der Waals surface area contributed by atoms with Crippen molar-refractivity contribution >= 4 is 17.6 Å². The molecule has 1 atom stereocenters. The van der Waals surface area contributed by atoms with Crippen molar-refractivity contribution in [3.63, 3.8) is 0 Å². The first-order valence-corrected chi connectivity index (χ1v) is 9.43. The fourth-order valence-corrected chi connectivity index (χ4v) is 3.48. The molecule has 7 heteroatoms. The van der Waals surface area contributed by atoms with Gasteiger partial charge in [-0.1, -0.05) is 12.1 Å². The highest BCUT2D eigenvalue weighted by molar-refractivity contribution is 5.99. The molecule has 0 unspecified atom stereocenters. The zero-order valence-corrected chi connectivity index (χ0v) is 17.2. The maximum Gasteiger partial charge on any atom is 0.337 e. The summed E-state index contributed by atoms with van der Waals surface area (Å²) < 4.78 is 15.5. The number of hydrogen-bond donors (Lipinski definition) is 0. The van der Waals surface area contributed by atoms with Crippen LogP contribution in [0.25, 0.3) is 0 Å². The summed E-state index contributed by atoms with van der Waals surface area (Å²) in [5, 5.41) is 0. The van der Waals surface area contributed by atoms with Gasteiger partial charge in [0.1, 0.15) is 11.5 Å². The van der Waals surface area contributed by atoms with Crippen molar-refractivity contribution in [3.05, 3.63) is 53.6 Å². The third kappa shape index (κ3) is 4.35. The molecule has 1 fully saturated rings. The van der Waals surface area contributed by atoms with Gasteiger partial charge in [-0.2, -0.15) is 0 Å². The van der Waals surface area contributed by atoms with E-state index in [4.69, 9.17) is 14.2 Å². The van der Waals surface area contributed by atoms with Crippen LogP contribution in [0.4, 0.5) is 5.69 Å². The Morgan fingerprint density at radius 2 is 1.76 bits per heavy atom. The van der Waals surface area contributed by atoms with Gasteiger partial charge in [0, 0.05) is 25.7 Å². The summed E-state index contributed by atoms with van der Waals surface area (Å²) in [6.07, 6.45) is 0. The van der Waals surface area contributed by atoms with E-state index >= 15 is 0 Å². The van der Waals surface area contributed by atoms with Crippen LogP contribution in [0.15, 0.2) is 42.5 Å². The Kier molecular flexibility index (Phi) is 6.39. The molecule has 0 saturated carbocycles. The number of anilines is 1. The van der Waals surface area contributed by atoms with Gasteiger partial charge in [-0.05, 0) is 36.8 Å². The molecule has 0 aromatic heterocycles. The van der Waals surface area contributed by atoms with Crippen LogP contribution in [-0.2, 0) is 16.1 Å². The van der Waals surface area contributed by atoms with Gasteiger partial charge in [-0.25, -0.2) is 4.79 Å². The molecule has 0 bridgehead atoms. The fraction of sp³-hybridized carbons (Fsp3) is 0.364. The normalized spacial score (nSPS) is 17.2. The Labute approximate surface area is 170 Å². The maximum atomic E-state index is 13.1. The van der Waals surface area contributed by atoms with Crippen LogP contribution < -0.4 is 14.4 Å². The summed E-state index contributed by atoms with van der Waals surface area (Å²) in [5.74, 6) is 0.961. The number of piperazine rings is 1. The molecular formula is C22H26N2O5. The van der Waals surface area contributed by atoms with Gasteiger partial charge in [0.15, 0.2) is 0 Å². The largest absolute Gasteiger partial charge is 0.497 e. The molecule has 1 saturated heterocycles. The van der Waals surface area contributed by atoms with E-state index in [1.165, 1.54) is 7.11 Å². The average molecular weight is 398 g/mol. The summed E-state index contributed by atoms with van der Waals surface area (Å²) in [7, 11) is 4.55. The second kappa shape index (κ2) is 8.96. The Balaban J connectivity index is 1.74. The number of esters is 1. The Morgan fingerprint density at radius 1 is 1.03 bits per heavy atom. The number of rotatable bonds is 6. The smallest absolute Gasteiger partial charge is 0.337 e. The van der Waals surface area contributed by atoms with Gasteiger partial charge >= 0.3 is 5.97 Å². The van der Waals surface area contributed by atoms with Gasteiger partial charge in [0.05, 0.1) is 38.6 Å². The van der Waals surface area contributed by atoms with Crippen LogP contribution in [0.2, 0.25) is 0 Å². The van der Waals surface area contributed by atoms with Crippen molar-refractivity contribution in [1.82, 2.24) is 4.90 Å². The molecule has 0 N–H and O–H groups in total. The van der Waals surface area contributed by atoms with Gasteiger partial charge < -0.3 is 19.1 Å². The highest BCUT2D eigenvalue weighted by Crippen LogP contribution is 2.34. The topological polar surface area (TPSA) is 68.3 Å². The molecule has 0 aliphatic carbocycles. The van der Waals surface area contributed by atoms with Crippen molar-refractivity contribution in [2.45, 2.75) is 19.5 Å². The van der Waals surface area contributed by atoms with Crippen molar-refractivity contribution < 1.29 is 23.8 Å². The van der Waals surface area contributed by atoms with Crippen molar-refractivity contribution in [2.75, 3.05) is 39.3 Å². The zero-order valence-electron chi connectivity index (χ0n) is 17.2. The van der Waals surface area contributed by atoms with Gasteiger partial charge in [-0.15, -0.1) is 0 Å². The Bertz CT molecular complexity index is 881. The first kappa shape index (κ1) is 20.7. The standard InChI is InChI=1S/C22H26N2O5/c1-15-21(25)24(19-13-18(27-2)9-10-20(19)28-3)12-11-23(15)14-16-5-7-17(8-6-16)22(26)29-4/h5-10,13,15H,11-12,14H2,1-4H3/t15-/m1/s1. The molecule has 7 nitrogen and oxygen atoms in total. The van der Waals surface area contributed by atoms with Crippen LogP contribution in [0.1, 0.15) is 22.8 Å². The summed E-state index contributed by atoms with van der Waals surface area (Å²) in [5.41, 5.74) is 2.26. The van der Waals surface area contributed by atoms with Crippen LogP contribution in [-0.4, -0.2) is 57.2 Å². The predicted molar refractivity (Wildman–Crippen MR) is 110 cm³/mol. The number of carbonyl (C=O) groups is 2. The molecule has 29 heavy (non-hydrogen) atoms. The summed E-state index contributed by atoms with van der Waals surface area (Å²) in [4.78, 5) is 28.6. The number of amides is 1. The van der Waals surface area contributed by atoms with E-state index in [1.807, 2.05) is 31.2 Å². The van der Waals surface area contributed by atoms with Crippen molar-refractivity contribution in [1.29, 1.82) is 0 Å². The minimum Gasteiger partial charge on any atom is -0.497 e. The molecule has 3 rings (SSSR count). The number of hydrogen-bond acceptors (Lipinski definition) is 6. The molecule has 1 aliphatic rings. The van der Waals surface area contributed by atoms with Crippen LogP contribution in [0, 0.1) is 0 Å². The van der Waals surface area contributed by atoms with E-state index in [0.29, 0.717) is 42.4 Å². The third-order valence-corrected chi connectivity index (χ3v) is 5.22. The summed E-state index contributed by atoms with van der Waals surface area (Å²) in [6, 6.07) is 12.4. The number of methoxy groups -OCH3 is 3. The lowest BCUT2D eigenvalue weighted by molar-refractivity contribution is -0.125. The van der Waals surface area contributed by atoms with Crippen molar-refractivity contribution in [2.24, 2.45) is 0 Å². The predicted octanol–water partition coefficient (Wildman–Crippen LogP) is 2.73. The lowest BCUT2D eigenvalue weighted by Crippen LogP contribution is -2.55. The monoisotopic (exact) mass is 398 g/mol. The van der Waals surface area contributed by atoms with Crippen molar-refractivity contribution in [3.8, 4) is 11.5 Å². The highest BCUT2D eigenvalue weighted by Gasteiger charge is 2.33. The molecule has 2 aromatic rings. The molecule has 1 aliphatic heterocycles. The van der Waals surface area contributed by atoms with Crippen LogP contribution >= 0.6 is 0 Å². The number of carbonyl (C=O) groups excluding carboxylic acids is 2. The maximum absolute atomic E-state index is 13.1. The first-order valence-electron chi connectivity index (χ1n) is 9.43. The highest BCUT2D eigenvalue weighted by atomic mass is 16.5. The second-order valence-corrected chi connectivity index (χ2v) is 6.86. The van der Waals surface area contributed by atoms with Gasteiger partial charge in [0.25, 0.3) is 0 Å². The fourth-order valence-electron chi connectivity index (χ4n) is 3.48. The molecule has 0 radical (unpaired) electrons.